The molecular weight excluding hydrogens is 215 g/mol. The highest BCUT2D eigenvalue weighted by Gasteiger charge is 2.29. The summed E-state index contributed by atoms with van der Waals surface area (Å²) in [5.41, 5.74) is 5.27. The molecule has 0 saturated heterocycles. The number of hydrogen-bond acceptors (Lipinski definition) is 4. The van der Waals surface area contributed by atoms with Gasteiger partial charge in [0.1, 0.15) is 0 Å². The molecule has 3 N–H and O–H groups in total. The molecule has 8 heteroatoms. The van der Waals surface area contributed by atoms with Gasteiger partial charge in [-0.25, -0.2) is 0 Å². The Bertz CT molecular complexity index is 220. The Morgan fingerprint density at radius 3 is 2.53 bits per heavy atom. The van der Waals surface area contributed by atoms with Gasteiger partial charge in [-0.05, 0) is 14.0 Å². The maximum Gasteiger partial charge on any atom is 0.522 e. The van der Waals surface area contributed by atoms with Crippen LogP contribution in [0.15, 0.2) is 5.16 Å². The fraction of sp³-hybridized carbons (Fsp3) is 0.857. The molecule has 0 aromatic rings. The summed E-state index contributed by atoms with van der Waals surface area (Å²) < 4.78 is 38.4. The molecule has 5 nitrogen and oxygen atoms in total. The first kappa shape index (κ1) is 14.0. The standard InChI is InChI=1S/C7H14F3N3O2/c1-5(6(11)12-14)13(2)3-4-15-7(8,9)10/h5,14H,3-4H2,1-2H3,(H2,11,12). The van der Waals surface area contributed by atoms with Crippen molar-refractivity contribution in [2.45, 2.75) is 19.3 Å². The van der Waals surface area contributed by atoms with Crippen molar-refractivity contribution in [1.29, 1.82) is 0 Å². The molecule has 0 aliphatic rings. The number of oxime groups is 1. The molecule has 0 saturated carbocycles. The van der Waals surface area contributed by atoms with Gasteiger partial charge in [0.15, 0.2) is 5.84 Å². The first-order valence-electron chi connectivity index (χ1n) is 4.16. The van der Waals surface area contributed by atoms with E-state index in [0.717, 1.165) is 0 Å². The van der Waals surface area contributed by atoms with Crippen LogP contribution in [0.3, 0.4) is 0 Å². The molecule has 0 bridgehead atoms. The molecule has 0 fully saturated rings. The minimum Gasteiger partial charge on any atom is -0.409 e. The Balaban J connectivity index is 3.89. The first-order valence-corrected chi connectivity index (χ1v) is 4.16. The van der Waals surface area contributed by atoms with Crippen molar-refractivity contribution in [3.63, 3.8) is 0 Å². The SMILES string of the molecule is CC(C(N)=NO)N(C)CCOC(F)(F)F. The van der Waals surface area contributed by atoms with Crippen LogP contribution >= 0.6 is 0 Å². The lowest BCUT2D eigenvalue weighted by Gasteiger charge is -2.23. The van der Waals surface area contributed by atoms with Crippen LogP contribution in [0.2, 0.25) is 0 Å². The highest BCUT2D eigenvalue weighted by molar-refractivity contribution is 5.84. The highest BCUT2D eigenvalue weighted by atomic mass is 19.4. The van der Waals surface area contributed by atoms with Crippen molar-refractivity contribution in [2.75, 3.05) is 20.2 Å². The number of amidine groups is 1. The second-order valence-electron chi connectivity index (χ2n) is 2.98. The van der Waals surface area contributed by atoms with Gasteiger partial charge in [-0.1, -0.05) is 5.16 Å². The Hall–Kier alpha value is -1.02. The summed E-state index contributed by atoms with van der Waals surface area (Å²) in [5, 5.41) is 11.1. The quantitative estimate of drug-likeness (QED) is 0.313. The molecule has 0 heterocycles. The summed E-state index contributed by atoms with van der Waals surface area (Å²) in [4.78, 5) is 1.47. The van der Waals surface area contributed by atoms with Gasteiger partial charge in [0.05, 0.1) is 12.6 Å². The first-order chi connectivity index (χ1) is 6.78. The van der Waals surface area contributed by atoms with E-state index in [2.05, 4.69) is 9.89 Å². The topological polar surface area (TPSA) is 71.1 Å². The maximum absolute atomic E-state index is 11.6. The molecule has 0 rings (SSSR count). The van der Waals surface area contributed by atoms with E-state index in [1.807, 2.05) is 0 Å². The number of alkyl halides is 3. The molecular formula is C7H14F3N3O2. The van der Waals surface area contributed by atoms with E-state index in [9.17, 15) is 13.2 Å². The van der Waals surface area contributed by atoms with Gasteiger partial charge in [0.2, 0.25) is 0 Å². The van der Waals surface area contributed by atoms with E-state index in [1.165, 1.54) is 4.90 Å². The van der Waals surface area contributed by atoms with E-state index in [4.69, 9.17) is 10.9 Å². The average molecular weight is 229 g/mol. The van der Waals surface area contributed by atoms with Gasteiger partial charge in [0, 0.05) is 6.54 Å². The predicted octanol–water partition coefficient (Wildman–Crippen LogP) is 0.590. The maximum atomic E-state index is 11.6. The molecule has 90 valence electrons. The molecule has 0 aromatic carbocycles. The second-order valence-corrected chi connectivity index (χ2v) is 2.98. The van der Waals surface area contributed by atoms with Crippen LogP contribution in [0, 0.1) is 0 Å². The van der Waals surface area contributed by atoms with Gasteiger partial charge in [0.25, 0.3) is 0 Å². The van der Waals surface area contributed by atoms with Crippen LogP contribution in [0.5, 0.6) is 0 Å². The Morgan fingerprint density at radius 1 is 1.60 bits per heavy atom. The van der Waals surface area contributed by atoms with E-state index in [0.29, 0.717) is 0 Å². The summed E-state index contributed by atoms with van der Waals surface area (Å²) >= 11 is 0. The van der Waals surface area contributed by atoms with Crippen LogP contribution in [0.1, 0.15) is 6.92 Å². The fourth-order valence-electron chi connectivity index (χ4n) is 0.808. The molecule has 15 heavy (non-hydrogen) atoms. The molecule has 0 radical (unpaired) electrons. The predicted molar refractivity (Wildman–Crippen MR) is 47.5 cm³/mol. The summed E-state index contributed by atoms with van der Waals surface area (Å²) in [6.45, 7) is 1.13. The molecule has 1 unspecified atom stereocenters. The van der Waals surface area contributed by atoms with Crippen LogP contribution in [0.4, 0.5) is 13.2 Å². The normalized spacial score (nSPS) is 15.7. The lowest BCUT2D eigenvalue weighted by atomic mass is 10.3. The van der Waals surface area contributed by atoms with Crippen molar-refractivity contribution in [3.8, 4) is 0 Å². The molecule has 0 amide bonds. The minimum atomic E-state index is -4.62. The van der Waals surface area contributed by atoms with Crippen molar-refractivity contribution in [1.82, 2.24) is 4.90 Å². The van der Waals surface area contributed by atoms with Crippen LogP contribution in [0.25, 0.3) is 0 Å². The van der Waals surface area contributed by atoms with Crippen LogP contribution in [-0.2, 0) is 4.74 Å². The number of nitrogens with zero attached hydrogens (tertiary/aromatic N) is 2. The van der Waals surface area contributed by atoms with E-state index in [1.54, 1.807) is 14.0 Å². The zero-order chi connectivity index (χ0) is 12.1. The zero-order valence-electron chi connectivity index (χ0n) is 8.45. The van der Waals surface area contributed by atoms with Crippen LogP contribution in [-0.4, -0.2) is 48.5 Å². The lowest BCUT2D eigenvalue weighted by Crippen LogP contribution is -2.42. The van der Waals surface area contributed by atoms with Gasteiger partial charge >= 0.3 is 6.36 Å². The van der Waals surface area contributed by atoms with Gasteiger partial charge < -0.3 is 10.9 Å². The average Bonchev–Trinajstić information content (AvgIpc) is 2.13. The second kappa shape index (κ2) is 5.76. The highest BCUT2D eigenvalue weighted by Crippen LogP contribution is 2.15. The number of halogens is 3. The summed E-state index contributed by atoms with van der Waals surface area (Å²) in [6, 6.07) is -0.452. The fourth-order valence-corrected chi connectivity index (χ4v) is 0.808. The number of likely N-dealkylation sites (N-methyl/N-ethyl adjacent to an activating group) is 1. The molecule has 0 spiro atoms. The van der Waals surface area contributed by atoms with Gasteiger partial charge in [-0.3, -0.25) is 9.64 Å². The summed E-state index contributed by atoms with van der Waals surface area (Å²) in [5.74, 6) is -0.0653. The Labute approximate surface area is 85.3 Å². The number of hydrogen-bond donors (Lipinski definition) is 2. The third-order valence-electron chi connectivity index (χ3n) is 1.91. The van der Waals surface area contributed by atoms with Gasteiger partial charge in [-0.15, -0.1) is 13.2 Å². The van der Waals surface area contributed by atoms with Crippen molar-refractivity contribution < 1.29 is 23.1 Å². The number of nitrogens with two attached hydrogens (primary N) is 1. The molecule has 0 aromatic heterocycles. The summed E-state index contributed by atoms with van der Waals surface area (Å²) in [6.07, 6.45) is -4.62. The monoisotopic (exact) mass is 229 g/mol. The Kier molecular flexibility index (Phi) is 5.37. The van der Waals surface area contributed by atoms with E-state index < -0.39 is 19.0 Å². The number of rotatable bonds is 5. The van der Waals surface area contributed by atoms with E-state index >= 15 is 0 Å². The van der Waals surface area contributed by atoms with Crippen molar-refractivity contribution in [3.05, 3.63) is 0 Å². The third-order valence-corrected chi connectivity index (χ3v) is 1.91. The summed E-state index contributed by atoms with van der Waals surface area (Å²) in [7, 11) is 1.54. The molecule has 0 aliphatic heterocycles. The lowest BCUT2D eigenvalue weighted by molar-refractivity contribution is -0.324. The van der Waals surface area contributed by atoms with E-state index in [-0.39, 0.29) is 12.4 Å². The molecule has 1 atom stereocenters. The van der Waals surface area contributed by atoms with Crippen molar-refractivity contribution >= 4 is 5.84 Å². The third kappa shape index (κ3) is 6.13. The van der Waals surface area contributed by atoms with Crippen LogP contribution < -0.4 is 5.73 Å². The zero-order valence-corrected chi connectivity index (χ0v) is 8.45. The van der Waals surface area contributed by atoms with Gasteiger partial charge in [-0.2, -0.15) is 0 Å². The van der Waals surface area contributed by atoms with Crippen molar-refractivity contribution in [2.24, 2.45) is 10.9 Å². The minimum absolute atomic E-state index is 0.0247. The number of ether oxygens (including phenoxy) is 1. The largest absolute Gasteiger partial charge is 0.522 e. The smallest absolute Gasteiger partial charge is 0.409 e. The molecule has 0 aliphatic carbocycles. The Morgan fingerprint density at radius 2 is 2.13 bits per heavy atom.